The number of primary amides is 1. The van der Waals surface area contributed by atoms with E-state index in [9.17, 15) is 4.79 Å². The molecule has 1 saturated carbocycles. The Kier molecular flexibility index (Phi) is 1.99. The van der Waals surface area contributed by atoms with Crippen molar-refractivity contribution in [1.29, 1.82) is 0 Å². The Bertz CT molecular complexity index is 639. The van der Waals surface area contributed by atoms with Gasteiger partial charge in [0.25, 0.3) is 5.91 Å². The molecule has 1 amide bonds. The normalized spacial score (nSPS) is 15.0. The van der Waals surface area contributed by atoms with E-state index in [1.165, 1.54) is 0 Å². The topological polar surface area (TPSA) is 65.3 Å². The third kappa shape index (κ3) is 1.41. The molecule has 0 bridgehead atoms. The van der Waals surface area contributed by atoms with E-state index in [1.807, 2.05) is 10.8 Å². The van der Waals surface area contributed by atoms with Crippen LogP contribution in [0.15, 0.2) is 12.4 Å². The minimum Gasteiger partial charge on any atom is -0.365 e. The van der Waals surface area contributed by atoms with Gasteiger partial charge in [0, 0.05) is 18.3 Å². The molecule has 1 aliphatic carbocycles. The van der Waals surface area contributed by atoms with Crippen LogP contribution in [0.25, 0.3) is 5.65 Å². The van der Waals surface area contributed by atoms with Crippen molar-refractivity contribution < 1.29 is 4.79 Å². The lowest BCUT2D eigenvalue weighted by Crippen LogP contribution is -2.14. The predicted octanol–water partition coefficient (Wildman–Crippen LogP) is 0.745. The highest BCUT2D eigenvalue weighted by atomic mass is 16.1. The zero-order valence-electron chi connectivity index (χ0n) is 9.26. The number of carbonyl (C=O) groups is 1. The van der Waals surface area contributed by atoms with Gasteiger partial charge in [-0.05, 0) is 12.8 Å². The fourth-order valence-electron chi connectivity index (χ4n) is 2.14. The molecule has 2 aromatic heterocycles. The van der Waals surface area contributed by atoms with Gasteiger partial charge in [-0.25, -0.2) is 4.52 Å². The van der Waals surface area contributed by atoms with Crippen LogP contribution in [0, 0.1) is 12.3 Å². The predicted molar refractivity (Wildman–Crippen MR) is 62.5 cm³/mol. The summed E-state index contributed by atoms with van der Waals surface area (Å²) in [7, 11) is 0. The smallest absolute Gasteiger partial charge is 0.254 e. The highest BCUT2D eigenvalue weighted by Crippen LogP contribution is 2.41. The second-order valence-corrected chi connectivity index (χ2v) is 4.30. The highest BCUT2D eigenvalue weighted by Gasteiger charge is 2.33. The van der Waals surface area contributed by atoms with Gasteiger partial charge in [-0.3, -0.25) is 4.79 Å². The maximum absolute atomic E-state index is 11.6. The molecule has 5 heteroatoms. The lowest BCUT2D eigenvalue weighted by molar-refractivity contribution is 0.100. The average molecular weight is 228 g/mol. The number of hydrogen-bond donors (Lipinski definition) is 1. The van der Waals surface area contributed by atoms with Crippen LogP contribution >= 0.6 is 0 Å². The van der Waals surface area contributed by atoms with E-state index in [4.69, 9.17) is 12.2 Å². The Balaban J connectivity index is 2.27. The van der Waals surface area contributed by atoms with Crippen molar-refractivity contribution in [2.45, 2.75) is 25.3 Å². The van der Waals surface area contributed by atoms with Crippen LogP contribution in [0.1, 0.15) is 34.8 Å². The molecule has 0 atom stereocenters. The van der Waals surface area contributed by atoms with E-state index in [0.29, 0.717) is 23.7 Å². The van der Waals surface area contributed by atoms with E-state index < -0.39 is 5.91 Å². The molecule has 0 unspecified atom stereocenters. The van der Waals surface area contributed by atoms with E-state index in [1.54, 1.807) is 10.7 Å². The average Bonchev–Trinajstić information content (AvgIpc) is 2.95. The van der Waals surface area contributed by atoms with Crippen molar-refractivity contribution in [3.8, 4) is 12.3 Å². The summed E-state index contributed by atoms with van der Waals surface area (Å²) in [6.07, 6.45) is 11.1. The molecule has 2 N–H and O–H groups in total. The standard InChI is InChI=1S/C12H12N4O/c1-2-5-15-6-7-16-12(15)9(11(13)17)10(14-16)8-3-4-8/h1,6-8H,3-5H2,(H2,13,17). The molecule has 2 aromatic rings. The Morgan fingerprint density at radius 1 is 1.59 bits per heavy atom. The summed E-state index contributed by atoms with van der Waals surface area (Å²) in [6.45, 7) is 0.409. The molecule has 0 saturated heterocycles. The van der Waals surface area contributed by atoms with Crippen molar-refractivity contribution >= 4 is 11.6 Å². The number of fused-ring (bicyclic) bond motifs is 1. The number of imidazole rings is 1. The summed E-state index contributed by atoms with van der Waals surface area (Å²) in [5.41, 5.74) is 7.50. The molecule has 3 rings (SSSR count). The highest BCUT2D eigenvalue weighted by molar-refractivity contribution is 6.00. The van der Waals surface area contributed by atoms with Crippen LogP contribution in [0.3, 0.4) is 0 Å². The van der Waals surface area contributed by atoms with Crippen molar-refractivity contribution in [2.24, 2.45) is 5.73 Å². The Hall–Kier alpha value is -2.22. The fraction of sp³-hybridized carbons (Fsp3) is 0.333. The molecule has 1 aliphatic rings. The second-order valence-electron chi connectivity index (χ2n) is 4.30. The lowest BCUT2D eigenvalue weighted by Gasteiger charge is -2.00. The third-order valence-electron chi connectivity index (χ3n) is 3.04. The molecule has 2 heterocycles. The molecule has 86 valence electrons. The van der Waals surface area contributed by atoms with Gasteiger partial charge in [0.2, 0.25) is 0 Å². The van der Waals surface area contributed by atoms with E-state index in [0.717, 1.165) is 18.5 Å². The largest absolute Gasteiger partial charge is 0.365 e. The van der Waals surface area contributed by atoms with E-state index in [2.05, 4.69) is 11.0 Å². The summed E-state index contributed by atoms with van der Waals surface area (Å²) in [4.78, 5) is 11.6. The molecule has 0 spiro atoms. The first kappa shape index (κ1) is 9.97. The van der Waals surface area contributed by atoms with Crippen LogP contribution < -0.4 is 5.73 Å². The summed E-state index contributed by atoms with van der Waals surface area (Å²) < 4.78 is 3.50. The van der Waals surface area contributed by atoms with Gasteiger partial charge in [-0.2, -0.15) is 5.10 Å². The lowest BCUT2D eigenvalue weighted by atomic mass is 10.1. The Labute approximate surface area is 98.2 Å². The second kappa shape index (κ2) is 3.39. The number of nitrogens with two attached hydrogens (primary N) is 1. The fourth-order valence-corrected chi connectivity index (χ4v) is 2.14. The van der Waals surface area contributed by atoms with E-state index in [-0.39, 0.29) is 0 Å². The first-order valence-corrected chi connectivity index (χ1v) is 5.53. The van der Waals surface area contributed by atoms with Crippen molar-refractivity contribution in [3.63, 3.8) is 0 Å². The summed E-state index contributed by atoms with van der Waals surface area (Å²) in [6, 6.07) is 0. The minimum absolute atomic E-state index is 0.386. The maximum Gasteiger partial charge on any atom is 0.254 e. The van der Waals surface area contributed by atoms with Gasteiger partial charge in [-0.15, -0.1) is 6.42 Å². The minimum atomic E-state index is -0.432. The van der Waals surface area contributed by atoms with Crippen LogP contribution in [0.4, 0.5) is 0 Å². The zero-order valence-corrected chi connectivity index (χ0v) is 9.26. The number of aromatic nitrogens is 3. The van der Waals surface area contributed by atoms with Crippen LogP contribution in [-0.2, 0) is 6.54 Å². The Morgan fingerprint density at radius 2 is 2.35 bits per heavy atom. The van der Waals surface area contributed by atoms with Gasteiger partial charge in [0.15, 0.2) is 0 Å². The van der Waals surface area contributed by atoms with Crippen LogP contribution in [0.5, 0.6) is 0 Å². The molecule has 5 nitrogen and oxygen atoms in total. The van der Waals surface area contributed by atoms with Crippen molar-refractivity contribution in [3.05, 3.63) is 23.7 Å². The first-order chi connectivity index (χ1) is 8.22. The summed E-state index contributed by atoms with van der Waals surface area (Å²) in [5.74, 6) is 2.51. The number of amides is 1. The van der Waals surface area contributed by atoms with Crippen molar-refractivity contribution in [1.82, 2.24) is 14.2 Å². The van der Waals surface area contributed by atoms with E-state index >= 15 is 0 Å². The van der Waals surface area contributed by atoms with Crippen LogP contribution in [-0.4, -0.2) is 20.1 Å². The maximum atomic E-state index is 11.6. The molecule has 0 aliphatic heterocycles. The molecule has 17 heavy (non-hydrogen) atoms. The summed E-state index contributed by atoms with van der Waals surface area (Å²) >= 11 is 0. The molecular weight excluding hydrogens is 216 g/mol. The quantitative estimate of drug-likeness (QED) is 0.788. The number of rotatable bonds is 3. The summed E-state index contributed by atoms with van der Waals surface area (Å²) in [5, 5.41) is 4.43. The molecular formula is C12H12N4O. The number of carbonyl (C=O) groups excluding carboxylic acids is 1. The zero-order chi connectivity index (χ0) is 12.0. The van der Waals surface area contributed by atoms with Gasteiger partial charge in [-0.1, -0.05) is 5.92 Å². The molecule has 0 aromatic carbocycles. The van der Waals surface area contributed by atoms with Gasteiger partial charge >= 0.3 is 0 Å². The third-order valence-corrected chi connectivity index (χ3v) is 3.04. The monoisotopic (exact) mass is 228 g/mol. The van der Waals surface area contributed by atoms with Gasteiger partial charge < -0.3 is 10.3 Å². The number of nitrogens with zero attached hydrogens (tertiary/aromatic N) is 3. The number of terminal acetylenes is 1. The van der Waals surface area contributed by atoms with Crippen LogP contribution in [0.2, 0.25) is 0 Å². The van der Waals surface area contributed by atoms with Gasteiger partial charge in [0.1, 0.15) is 11.2 Å². The molecule has 0 radical (unpaired) electrons. The first-order valence-electron chi connectivity index (χ1n) is 5.53. The SMILES string of the molecule is C#CCn1ccn2nc(C3CC3)c(C(N)=O)c12. The number of hydrogen-bond acceptors (Lipinski definition) is 2. The van der Waals surface area contributed by atoms with Crippen molar-refractivity contribution in [2.75, 3.05) is 0 Å². The Morgan fingerprint density at radius 3 is 2.94 bits per heavy atom. The molecule has 1 fully saturated rings. The van der Waals surface area contributed by atoms with Gasteiger partial charge in [0.05, 0.1) is 12.2 Å².